The fourth-order valence-electron chi connectivity index (χ4n) is 3.08. The molecule has 1 aliphatic rings. The Morgan fingerprint density at radius 3 is 2.42 bits per heavy atom. The van der Waals surface area contributed by atoms with Crippen molar-refractivity contribution in [3.8, 4) is 6.07 Å². The van der Waals surface area contributed by atoms with Crippen LogP contribution in [0.4, 0.5) is 5.82 Å². The zero-order valence-corrected chi connectivity index (χ0v) is 15.3. The van der Waals surface area contributed by atoms with Gasteiger partial charge in [-0.3, -0.25) is 9.69 Å². The van der Waals surface area contributed by atoms with E-state index in [1.54, 1.807) is 0 Å². The minimum atomic E-state index is -0.141. The molecule has 1 aliphatic heterocycles. The second-order valence-corrected chi connectivity index (χ2v) is 6.75. The Labute approximate surface area is 144 Å². The van der Waals surface area contributed by atoms with E-state index in [4.69, 9.17) is 0 Å². The fraction of sp³-hybridized carbons (Fsp3) is 0.611. The van der Waals surface area contributed by atoms with E-state index in [0.717, 1.165) is 43.3 Å². The van der Waals surface area contributed by atoms with Crippen molar-refractivity contribution >= 4 is 11.7 Å². The topological polar surface area (TPSA) is 72.3 Å². The molecule has 0 saturated carbocycles. The zero-order chi connectivity index (χ0) is 17.9. The van der Waals surface area contributed by atoms with Gasteiger partial charge in [-0.1, -0.05) is 0 Å². The summed E-state index contributed by atoms with van der Waals surface area (Å²) in [4.78, 5) is 21.1. The summed E-state index contributed by atoms with van der Waals surface area (Å²) in [6, 6.07) is 4.23. The summed E-state index contributed by atoms with van der Waals surface area (Å²) in [7, 11) is 0. The maximum absolute atomic E-state index is 12.2. The Hall–Kier alpha value is -2.13. The van der Waals surface area contributed by atoms with Crippen LogP contribution in [0.2, 0.25) is 0 Å². The van der Waals surface area contributed by atoms with Gasteiger partial charge in [0.05, 0.1) is 11.6 Å². The van der Waals surface area contributed by atoms with E-state index >= 15 is 0 Å². The lowest BCUT2D eigenvalue weighted by Gasteiger charge is -2.38. The van der Waals surface area contributed by atoms with E-state index in [-0.39, 0.29) is 18.0 Å². The molecule has 24 heavy (non-hydrogen) atoms. The number of nitrogens with zero attached hydrogens (tertiary/aromatic N) is 4. The molecule has 6 heteroatoms. The van der Waals surface area contributed by atoms with Gasteiger partial charge in [-0.2, -0.15) is 5.26 Å². The number of pyridine rings is 1. The quantitative estimate of drug-likeness (QED) is 0.908. The molecule has 2 rings (SSSR count). The van der Waals surface area contributed by atoms with Gasteiger partial charge in [0.25, 0.3) is 0 Å². The number of nitriles is 1. The van der Waals surface area contributed by atoms with Crippen molar-refractivity contribution in [2.45, 2.75) is 46.7 Å². The molecule has 1 fully saturated rings. The fourth-order valence-corrected chi connectivity index (χ4v) is 3.08. The summed E-state index contributed by atoms with van der Waals surface area (Å²) in [5.74, 6) is 0.842. The van der Waals surface area contributed by atoms with Crippen LogP contribution in [0.5, 0.6) is 0 Å². The van der Waals surface area contributed by atoms with Crippen molar-refractivity contribution in [1.29, 1.82) is 5.26 Å². The number of aryl methyl sites for hydroxylation is 2. The summed E-state index contributed by atoms with van der Waals surface area (Å²) in [6.45, 7) is 12.9. The van der Waals surface area contributed by atoms with Gasteiger partial charge in [0.1, 0.15) is 11.9 Å². The molecule has 0 bridgehead atoms. The Morgan fingerprint density at radius 2 is 1.88 bits per heavy atom. The Kier molecular flexibility index (Phi) is 5.79. The van der Waals surface area contributed by atoms with Crippen LogP contribution in [0, 0.1) is 25.2 Å². The highest BCUT2D eigenvalue weighted by Crippen LogP contribution is 2.23. The molecular weight excluding hydrogens is 302 g/mol. The Bertz CT molecular complexity index is 642. The lowest BCUT2D eigenvalue weighted by atomic mass is 10.1. The summed E-state index contributed by atoms with van der Waals surface area (Å²) in [5.41, 5.74) is 2.54. The van der Waals surface area contributed by atoms with Crippen LogP contribution in [-0.4, -0.2) is 54.1 Å². The molecule has 130 valence electrons. The molecule has 1 aromatic heterocycles. The van der Waals surface area contributed by atoms with Gasteiger partial charge in [-0.15, -0.1) is 0 Å². The van der Waals surface area contributed by atoms with Crippen molar-refractivity contribution < 1.29 is 4.79 Å². The normalized spacial score (nSPS) is 16.8. The number of carbonyl (C=O) groups excluding carboxylic acids is 1. The third-order valence-corrected chi connectivity index (χ3v) is 4.41. The first-order chi connectivity index (χ1) is 11.3. The van der Waals surface area contributed by atoms with Crippen LogP contribution in [0.1, 0.15) is 37.6 Å². The van der Waals surface area contributed by atoms with Crippen LogP contribution in [0.25, 0.3) is 0 Å². The van der Waals surface area contributed by atoms with E-state index in [0.29, 0.717) is 5.56 Å². The number of rotatable bonds is 4. The molecule has 1 aromatic rings. The number of carbonyl (C=O) groups is 1. The third kappa shape index (κ3) is 4.04. The Morgan fingerprint density at radius 1 is 1.25 bits per heavy atom. The molecular formula is C18H27N5O. The largest absolute Gasteiger partial charge is 0.353 e. The van der Waals surface area contributed by atoms with Crippen LogP contribution >= 0.6 is 0 Å². The number of aromatic nitrogens is 1. The average molecular weight is 329 g/mol. The third-order valence-electron chi connectivity index (χ3n) is 4.41. The summed E-state index contributed by atoms with van der Waals surface area (Å²) in [5, 5.41) is 12.4. The standard InChI is InChI=1S/C18H27N5O/c1-12(2)20-18(24)15(5)22-6-8-23(9-7-22)17-16(11-19)13(3)10-14(4)21-17/h10,12,15H,6-9H2,1-5H3,(H,20,24). The van der Waals surface area contributed by atoms with E-state index in [1.807, 2.05) is 40.7 Å². The molecule has 0 spiro atoms. The second-order valence-electron chi connectivity index (χ2n) is 6.75. The number of hydrogen-bond acceptors (Lipinski definition) is 5. The maximum Gasteiger partial charge on any atom is 0.237 e. The molecule has 0 aromatic carbocycles. The van der Waals surface area contributed by atoms with Gasteiger partial charge in [0.15, 0.2) is 0 Å². The van der Waals surface area contributed by atoms with E-state index in [2.05, 4.69) is 26.2 Å². The van der Waals surface area contributed by atoms with Crippen LogP contribution in [-0.2, 0) is 4.79 Å². The van der Waals surface area contributed by atoms with Gasteiger partial charge in [-0.25, -0.2) is 4.98 Å². The number of nitrogens with one attached hydrogen (secondary N) is 1. The van der Waals surface area contributed by atoms with Crippen molar-refractivity contribution in [3.63, 3.8) is 0 Å². The molecule has 1 atom stereocenters. The lowest BCUT2D eigenvalue weighted by Crippen LogP contribution is -2.54. The molecule has 1 N–H and O–H groups in total. The summed E-state index contributed by atoms with van der Waals surface area (Å²) >= 11 is 0. The highest BCUT2D eigenvalue weighted by molar-refractivity contribution is 5.81. The predicted octanol–water partition coefficient (Wildman–Crippen LogP) is 1.61. The van der Waals surface area contributed by atoms with Crippen LogP contribution in [0.3, 0.4) is 0 Å². The van der Waals surface area contributed by atoms with Gasteiger partial charge < -0.3 is 10.2 Å². The van der Waals surface area contributed by atoms with Crippen LogP contribution < -0.4 is 10.2 Å². The van der Waals surface area contributed by atoms with Crippen LogP contribution in [0.15, 0.2) is 6.07 Å². The first-order valence-corrected chi connectivity index (χ1v) is 8.51. The first kappa shape index (κ1) is 18.2. The number of anilines is 1. The second kappa shape index (κ2) is 7.63. The number of hydrogen-bond donors (Lipinski definition) is 1. The SMILES string of the molecule is Cc1cc(C)c(C#N)c(N2CCN(C(C)C(=O)NC(C)C)CC2)n1. The van der Waals surface area contributed by atoms with Crippen molar-refractivity contribution in [2.24, 2.45) is 0 Å². The minimum absolute atomic E-state index is 0.0701. The lowest BCUT2D eigenvalue weighted by molar-refractivity contribution is -0.126. The van der Waals surface area contributed by atoms with E-state index in [1.165, 1.54) is 0 Å². The number of piperazine rings is 1. The van der Waals surface area contributed by atoms with Gasteiger partial charge in [0, 0.05) is 37.9 Å². The molecule has 6 nitrogen and oxygen atoms in total. The van der Waals surface area contributed by atoms with E-state index < -0.39 is 0 Å². The first-order valence-electron chi connectivity index (χ1n) is 8.51. The zero-order valence-electron chi connectivity index (χ0n) is 15.3. The monoisotopic (exact) mass is 329 g/mol. The highest BCUT2D eigenvalue weighted by atomic mass is 16.2. The predicted molar refractivity (Wildman–Crippen MR) is 95.0 cm³/mol. The summed E-state index contributed by atoms with van der Waals surface area (Å²) < 4.78 is 0. The molecule has 1 saturated heterocycles. The van der Waals surface area contributed by atoms with Gasteiger partial charge in [0.2, 0.25) is 5.91 Å². The molecule has 0 radical (unpaired) electrons. The number of amides is 1. The molecule has 1 unspecified atom stereocenters. The minimum Gasteiger partial charge on any atom is -0.353 e. The highest BCUT2D eigenvalue weighted by Gasteiger charge is 2.27. The molecule has 2 heterocycles. The molecule has 0 aliphatic carbocycles. The smallest absolute Gasteiger partial charge is 0.237 e. The van der Waals surface area contributed by atoms with Gasteiger partial charge in [-0.05, 0) is 46.2 Å². The Balaban J connectivity index is 2.06. The van der Waals surface area contributed by atoms with Gasteiger partial charge >= 0.3 is 0 Å². The molecule has 1 amide bonds. The maximum atomic E-state index is 12.2. The van der Waals surface area contributed by atoms with E-state index in [9.17, 15) is 10.1 Å². The van der Waals surface area contributed by atoms with Crippen molar-refractivity contribution in [3.05, 3.63) is 22.9 Å². The van der Waals surface area contributed by atoms with Crippen molar-refractivity contribution in [2.75, 3.05) is 31.1 Å². The average Bonchev–Trinajstić information content (AvgIpc) is 2.53. The van der Waals surface area contributed by atoms with Crippen molar-refractivity contribution in [1.82, 2.24) is 15.2 Å². The summed E-state index contributed by atoms with van der Waals surface area (Å²) in [6.07, 6.45) is 0.